The highest BCUT2D eigenvalue weighted by molar-refractivity contribution is 7.16. The zero-order valence-electron chi connectivity index (χ0n) is 15.4. The van der Waals surface area contributed by atoms with Gasteiger partial charge in [0.1, 0.15) is 0 Å². The average molecular weight is 387 g/mol. The summed E-state index contributed by atoms with van der Waals surface area (Å²) in [6.45, 7) is 4.08. The highest BCUT2D eigenvalue weighted by atomic mass is 32.1. The molecule has 1 aromatic carbocycles. The molecule has 142 valence electrons. The third kappa shape index (κ3) is 4.16. The molecule has 0 saturated heterocycles. The van der Waals surface area contributed by atoms with Gasteiger partial charge in [0.25, 0.3) is 5.91 Å². The molecule has 27 heavy (non-hydrogen) atoms. The van der Waals surface area contributed by atoms with E-state index in [1.807, 2.05) is 26.0 Å². The first-order valence-electron chi connectivity index (χ1n) is 8.66. The number of aromatic nitrogens is 1. The van der Waals surface area contributed by atoms with Crippen LogP contribution in [0.4, 0.5) is 5.13 Å². The minimum absolute atomic E-state index is 0.0927. The van der Waals surface area contributed by atoms with E-state index in [1.165, 1.54) is 18.4 Å². The second-order valence-corrected chi connectivity index (χ2v) is 7.83. The number of rotatable bonds is 6. The SMILES string of the molecule is COC(=O)c1nc(NC(=O)C[C@H]2NC(=O)c3ccccc32)sc1CC(C)C. The lowest BCUT2D eigenvalue weighted by molar-refractivity contribution is -0.116. The quantitative estimate of drug-likeness (QED) is 0.743. The molecular formula is C19H21N3O4S. The maximum Gasteiger partial charge on any atom is 0.357 e. The Labute approximate surface area is 161 Å². The van der Waals surface area contributed by atoms with Crippen LogP contribution in [0.3, 0.4) is 0 Å². The average Bonchev–Trinajstić information content (AvgIpc) is 3.15. The molecule has 0 saturated carbocycles. The molecular weight excluding hydrogens is 366 g/mol. The number of ether oxygens (including phenoxy) is 1. The largest absolute Gasteiger partial charge is 0.464 e. The van der Waals surface area contributed by atoms with Gasteiger partial charge in [-0.25, -0.2) is 9.78 Å². The van der Waals surface area contributed by atoms with Gasteiger partial charge in [-0.15, -0.1) is 11.3 Å². The lowest BCUT2D eigenvalue weighted by Crippen LogP contribution is -2.24. The lowest BCUT2D eigenvalue weighted by Gasteiger charge is -2.10. The molecule has 0 spiro atoms. The summed E-state index contributed by atoms with van der Waals surface area (Å²) >= 11 is 1.27. The molecule has 1 aromatic heterocycles. The Balaban J connectivity index is 1.72. The number of hydrogen-bond acceptors (Lipinski definition) is 6. The molecule has 0 unspecified atom stereocenters. The minimum atomic E-state index is -0.514. The third-order valence-corrected chi connectivity index (χ3v) is 5.18. The number of carbonyl (C=O) groups is 3. The maximum absolute atomic E-state index is 12.5. The van der Waals surface area contributed by atoms with Crippen molar-refractivity contribution in [3.05, 3.63) is 46.0 Å². The van der Waals surface area contributed by atoms with Gasteiger partial charge in [-0.2, -0.15) is 0 Å². The van der Waals surface area contributed by atoms with E-state index < -0.39 is 5.97 Å². The number of nitrogens with one attached hydrogen (secondary N) is 2. The van der Waals surface area contributed by atoms with Crippen LogP contribution < -0.4 is 10.6 Å². The van der Waals surface area contributed by atoms with Crippen LogP contribution in [0.2, 0.25) is 0 Å². The first kappa shape index (κ1) is 19.0. The fourth-order valence-corrected chi connectivity index (χ4v) is 4.19. The van der Waals surface area contributed by atoms with E-state index in [0.29, 0.717) is 23.0 Å². The van der Waals surface area contributed by atoms with Gasteiger partial charge in [-0.1, -0.05) is 32.0 Å². The number of benzene rings is 1. The summed E-state index contributed by atoms with van der Waals surface area (Å²) in [5.41, 5.74) is 1.65. The summed E-state index contributed by atoms with van der Waals surface area (Å²) in [6.07, 6.45) is 0.763. The molecule has 0 bridgehead atoms. The first-order chi connectivity index (χ1) is 12.9. The number of esters is 1. The fourth-order valence-electron chi connectivity index (χ4n) is 3.01. The highest BCUT2D eigenvalue weighted by Crippen LogP contribution is 2.29. The van der Waals surface area contributed by atoms with Crippen molar-refractivity contribution in [3.63, 3.8) is 0 Å². The van der Waals surface area contributed by atoms with Crippen LogP contribution in [0, 0.1) is 5.92 Å². The molecule has 0 aliphatic carbocycles. The molecule has 2 aromatic rings. The number of amides is 2. The minimum Gasteiger partial charge on any atom is -0.464 e. The van der Waals surface area contributed by atoms with Crippen LogP contribution >= 0.6 is 11.3 Å². The van der Waals surface area contributed by atoms with Gasteiger partial charge >= 0.3 is 5.97 Å². The molecule has 1 aliphatic rings. The molecule has 0 radical (unpaired) electrons. The number of thiazole rings is 1. The predicted octanol–water partition coefficient (Wildman–Crippen LogP) is 2.94. The number of fused-ring (bicyclic) bond motifs is 1. The molecule has 1 aliphatic heterocycles. The normalized spacial score (nSPS) is 15.4. The number of anilines is 1. The van der Waals surface area contributed by atoms with Crippen LogP contribution in [0.25, 0.3) is 0 Å². The predicted molar refractivity (Wildman–Crippen MR) is 102 cm³/mol. The zero-order valence-corrected chi connectivity index (χ0v) is 16.2. The molecule has 1 atom stereocenters. The van der Waals surface area contributed by atoms with Crippen molar-refractivity contribution in [2.75, 3.05) is 12.4 Å². The Kier molecular flexibility index (Phi) is 5.55. The van der Waals surface area contributed by atoms with E-state index in [9.17, 15) is 14.4 Å². The number of nitrogens with zero attached hydrogens (tertiary/aromatic N) is 1. The van der Waals surface area contributed by atoms with Crippen molar-refractivity contribution < 1.29 is 19.1 Å². The molecule has 7 nitrogen and oxygen atoms in total. The van der Waals surface area contributed by atoms with Crippen LogP contribution in [-0.2, 0) is 16.0 Å². The molecule has 0 fully saturated rings. The van der Waals surface area contributed by atoms with Crippen molar-refractivity contribution in [1.82, 2.24) is 10.3 Å². The first-order valence-corrected chi connectivity index (χ1v) is 9.48. The lowest BCUT2D eigenvalue weighted by atomic mass is 10.0. The van der Waals surface area contributed by atoms with Crippen molar-refractivity contribution >= 4 is 34.3 Å². The van der Waals surface area contributed by atoms with Gasteiger partial charge in [0.2, 0.25) is 5.91 Å². The van der Waals surface area contributed by atoms with Gasteiger partial charge in [-0.3, -0.25) is 9.59 Å². The van der Waals surface area contributed by atoms with Crippen LogP contribution in [0.5, 0.6) is 0 Å². The Morgan fingerprint density at radius 1 is 1.33 bits per heavy atom. The van der Waals surface area contributed by atoms with E-state index in [-0.39, 0.29) is 30.0 Å². The van der Waals surface area contributed by atoms with Gasteiger partial charge in [0, 0.05) is 10.4 Å². The maximum atomic E-state index is 12.5. The summed E-state index contributed by atoms with van der Waals surface area (Å²) in [4.78, 5) is 41.4. The topological polar surface area (TPSA) is 97.4 Å². The van der Waals surface area contributed by atoms with Crippen molar-refractivity contribution in [1.29, 1.82) is 0 Å². The highest BCUT2D eigenvalue weighted by Gasteiger charge is 2.30. The van der Waals surface area contributed by atoms with Crippen LogP contribution in [-0.4, -0.2) is 29.9 Å². The monoisotopic (exact) mass is 387 g/mol. The summed E-state index contributed by atoms with van der Waals surface area (Å²) in [5.74, 6) is -0.634. The molecule has 2 N–H and O–H groups in total. The van der Waals surface area contributed by atoms with Gasteiger partial charge in [0.15, 0.2) is 10.8 Å². The Hall–Kier alpha value is -2.74. The second-order valence-electron chi connectivity index (χ2n) is 6.75. The summed E-state index contributed by atoms with van der Waals surface area (Å²) in [6, 6.07) is 6.84. The van der Waals surface area contributed by atoms with E-state index in [2.05, 4.69) is 15.6 Å². The fraction of sp³-hybridized carbons (Fsp3) is 0.368. The van der Waals surface area contributed by atoms with Crippen molar-refractivity contribution in [3.8, 4) is 0 Å². The van der Waals surface area contributed by atoms with Gasteiger partial charge in [-0.05, 0) is 24.0 Å². The second kappa shape index (κ2) is 7.87. The Morgan fingerprint density at radius 3 is 2.78 bits per heavy atom. The smallest absolute Gasteiger partial charge is 0.357 e. The number of carbonyl (C=O) groups excluding carboxylic acids is 3. The van der Waals surface area contributed by atoms with Crippen LogP contribution in [0.1, 0.15) is 57.6 Å². The van der Waals surface area contributed by atoms with E-state index >= 15 is 0 Å². The summed E-state index contributed by atoms with van der Waals surface area (Å²) in [5, 5.41) is 5.91. The standard InChI is InChI=1S/C19H21N3O4S/c1-10(2)8-14-16(18(25)26-3)22-19(27-14)21-15(23)9-13-11-6-4-5-7-12(11)17(24)20-13/h4-7,10,13H,8-9H2,1-3H3,(H,20,24)(H,21,22,23)/t13-/m1/s1. The van der Waals surface area contributed by atoms with E-state index in [4.69, 9.17) is 4.74 Å². The Bertz CT molecular complexity index is 891. The summed E-state index contributed by atoms with van der Waals surface area (Å²) < 4.78 is 4.78. The number of hydrogen-bond donors (Lipinski definition) is 2. The molecule has 3 rings (SSSR count). The number of methoxy groups -OCH3 is 1. The van der Waals surface area contributed by atoms with Crippen molar-refractivity contribution in [2.45, 2.75) is 32.7 Å². The molecule has 2 amide bonds. The molecule has 8 heteroatoms. The van der Waals surface area contributed by atoms with E-state index in [0.717, 1.165) is 10.4 Å². The summed E-state index contributed by atoms with van der Waals surface area (Å²) in [7, 11) is 1.30. The van der Waals surface area contributed by atoms with Crippen LogP contribution in [0.15, 0.2) is 24.3 Å². The third-order valence-electron chi connectivity index (χ3n) is 4.19. The van der Waals surface area contributed by atoms with E-state index in [1.54, 1.807) is 12.1 Å². The van der Waals surface area contributed by atoms with Gasteiger partial charge in [0.05, 0.1) is 19.6 Å². The zero-order chi connectivity index (χ0) is 19.6. The molecule has 2 heterocycles. The van der Waals surface area contributed by atoms with Gasteiger partial charge < -0.3 is 15.4 Å². The van der Waals surface area contributed by atoms with Crippen molar-refractivity contribution in [2.24, 2.45) is 5.92 Å². The Morgan fingerprint density at radius 2 is 2.07 bits per heavy atom.